The first-order valence-electron chi connectivity index (χ1n) is 3.42. The molecule has 2 rings (SSSR count). The summed E-state index contributed by atoms with van der Waals surface area (Å²) in [5, 5.41) is 1.34. The molecule has 0 aliphatic rings. The first-order chi connectivity index (χ1) is 5.27. The van der Waals surface area contributed by atoms with E-state index in [4.69, 9.17) is 0 Å². The number of hydrogen-bond acceptors (Lipinski definition) is 1. The Labute approximate surface area is 78.0 Å². The lowest BCUT2D eigenvalue weighted by Crippen LogP contribution is -1.62. The van der Waals surface area contributed by atoms with Crippen molar-refractivity contribution in [2.24, 2.45) is 0 Å². The van der Waals surface area contributed by atoms with Crippen LogP contribution in [0, 0.1) is 6.92 Å². The molecule has 0 amide bonds. The van der Waals surface area contributed by atoms with Crippen molar-refractivity contribution >= 4 is 37.4 Å². The highest BCUT2D eigenvalue weighted by atomic mass is 79.9. The third-order valence-corrected chi connectivity index (χ3v) is 3.64. The normalized spacial score (nSPS) is 10.7. The summed E-state index contributed by atoms with van der Waals surface area (Å²) in [7, 11) is 0. The largest absolute Gasteiger partial charge is 0.139 e. The van der Waals surface area contributed by atoms with Gasteiger partial charge in [0.25, 0.3) is 0 Å². The number of fused-ring (bicyclic) bond motifs is 1. The van der Waals surface area contributed by atoms with Crippen LogP contribution in [0.1, 0.15) is 4.88 Å². The van der Waals surface area contributed by atoms with E-state index in [-0.39, 0.29) is 0 Å². The third kappa shape index (κ3) is 1.21. The van der Waals surface area contributed by atoms with Crippen LogP contribution in [0.2, 0.25) is 0 Å². The number of thiophene rings is 1. The molecule has 1 heterocycles. The Hall–Kier alpha value is -0.340. The molecule has 1 aromatic carbocycles. The van der Waals surface area contributed by atoms with Gasteiger partial charge in [0.1, 0.15) is 0 Å². The van der Waals surface area contributed by atoms with E-state index >= 15 is 0 Å². The first-order valence-corrected chi connectivity index (χ1v) is 5.03. The molecular weight excluding hydrogens is 220 g/mol. The minimum atomic E-state index is 1.20. The Morgan fingerprint density at radius 1 is 1.36 bits per heavy atom. The maximum absolute atomic E-state index is 3.52. The Balaban J connectivity index is 2.90. The van der Waals surface area contributed by atoms with Crippen molar-refractivity contribution in [1.29, 1.82) is 0 Å². The van der Waals surface area contributed by atoms with E-state index in [1.54, 1.807) is 0 Å². The number of rotatable bonds is 0. The maximum Gasteiger partial charge on any atom is 0.0487 e. The van der Waals surface area contributed by atoms with Gasteiger partial charge < -0.3 is 0 Å². The Morgan fingerprint density at radius 2 is 2.18 bits per heavy atom. The van der Waals surface area contributed by atoms with Gasteiger partial charge in [-0.15, -0.1) is 11.3 Å². The van der Waals surface area contributed by atoms with Crippen molar-refractivity contribution in [2.75, 3.05) is 0 Å². The summed E-state index contributed by atoms with van der Waals surface area (Å²) in [5.74, 6) is 0. The molecule has 2 heteroatoms. The van der Waals surface area contributed by atoms with Gasteiger partial charge in [0.15, 0.2) is 0 Å². The quantitative estimate of drug-likeness (QED) is 0.638. The van der Waals surface area contributed by atoms with E-state index in [0.29, 0.717) is 0 Å². The standard InChI is InChI=1S/C9H7BrS/c1-6-5-7-3-2-4-8(10)9(7)11-6/h2-5H,1H3. The van der Waals surface area contributed by atoms with Crippen LogP contribution in [-0.4, -0.2) is 0 Å². The third-order valence-electron chi connectivity index (χ3n) is 1.62. The Morgan fingerprint density at radius 3 is 2.91 bits per heavy atom. The Bertz CT molecular complexity index is 389. The van der Waals surface area contributed by atoms with Gasteiger partial charge in [0, 0.05) is 14.0 Å². The molecule has 0 fully saturated rings. The number of halogens is 1. The van der Waals surface area contributed by atoms with Gasteiger partial charge in [0.2, 0.25) is 0 Å². The van der Waals surface area contributed by atoms with Crippen LogP contribution in [0.4, 0.5) is 0 Å². The lowest BCUT2D eigenvalue weighted by Gasteiger charge is -1.89. The van der Waals surface area contributed by atoms with E-state index in [0.717, 1.165) is 0 Å². The summed E-state index contributed by atoms with van der Waals surface area (Å²) in [6, 6.07) is 8.51. The molecule has 0 spiro atoms. The lowest BCUT2D eigenvalue weighted by molar-refractivity contribution is 1.65. The van der Waals surface area contributed by atoms with Gasteiger partial charge in [-0.3, -0.25) is 0 Å². The molecule has 0 unspecified atom stereocenters. The lowest BCUT2D eigenvalue weighted by atomic mass is 10.2. The number of benzene rings is 1. The van der Waals surface area contributed by atoms with Crippen LogP contribution >= 0.6 is 27.3 Å². The van der Waals surface area contributed by atoms with Crippen molar-refractivity contribution in [3.8, 4) is 0 Å². The fourth-order valence-electron chi connectivity index (χ4n) is 1.16. The summed E-state index contributed by atoms with van der Waals surface area (Å²) in [6.07, 6.45) is 0. The van der Waals surface area contributed by atoms with Crippen molar-refractivity contribution in [3.05, 3.63) is 33.6 Å². The molecule has 0 saturated heterocycles. The van der Waals surface area contributed by atoms with Gasteiger partial charge in [0.05, 0.1) is 0 Å². The molecule has 0 N–H and O–H groups in total. The minimum absolute atomic E-state index is 1.20. The van der Waals surface area contributed by atoms with Gasteiger partial charge >= 0.3 is 0 Å². The topological polar surface area (TPSA) is 0 Å². The average molecular weight is 227 g/mol. The molecule has 56 valence electrons. The zero-order valence-corrected chi connectivity index (χ0v) is 8.50. The molecule has 11 heavy (non-hydrogen) atoms. The zero-order chi connectivity index (χ0) is 7.84. The van der Waals surface area contributed by atoms with Crippen LogP contribution in [0.15, 0.2) is 28.7 Å². The van der Waals surface area contributed by atoms with E-state index < -0.39 is 0 Å². The van der Waals surface area contributed by atoms with Crippen molar-refractivity contribution in [1.82, 2.24) is 0 Å². The van der Waals surface area contributed by atoms with Crippen LogP contribution in [0.5, 0.6) is 0 Å². The van der Waals surface area contributed by atoms with E-state index in [2.05, 4.69) is 47.1 Å². The summed E-state index contributed by atoms with van der Waals surface area (Å²) in [4.78, 5) is 1.37. The molecule has 0 radical (unpaired) electrons. The molecule has 0 aliphatic carbocycles. The highest BCUT2D eigenvalue weighted by molar-refractivity contribution is 9.10. The van der Waals surface area contributed by atoms with Crippen molar-refractivity contribution in [3.63, 3.8) is 0 Å². The minimum Gasteiger partial charge on any atom is -0.139 e. The zero-order valence-electron chi connectivity index (χ0n) is 6.10. The molecular formula is C9H7BrS. The van der Waals surface area contributed by atoms with E-state index in [1.807, 2.05) is 11.3 Å². The first kappa shape index (κ1) is 7.32. The Kier molecular flexibility index (Phi) is 1.74. The van der Waals surface area contributed by atoms with Crippen molar-refractivity contribution in [2.45, 2.75) is 6.92 Å². The molecule has 0 aliphatic heterocycles. The molecule has 0 nitrogen and oxygen atoms in total. The predicted octanol–water partition coefficient (Wildman–Crippen LogP) is 3.97. The summed E-state index contributed by atoms with van der Waals surface area (Å²) in [5.41, 5.74) is 0. The highest BCUT2D eigenvalue weighted by Gasteiger charge is 1.99. The van der Waals surface area contributed by atoms with Crippen LogP contribution < -0.4 is 0 Å². The second-order valence-electron chi connectivity index (χ2n) is 2.52. The summed E-state index contributed by atoms with van der Waals surface area (Å²) < 4.78 is 2.55. The van der Waals surface area contributed by atoms with Gasteiger partial charge in [-0.1, -0.05) is 12.1 Å². The summed E-state index contributed by atoms with van der Waals surface area (Å²) in [6.45, 7) is 2.14. The highest BCUT2D eigenvalue weighted by Crippen LogP contribution is 2.31. The van der Waals surface area contributed by atoms with Gasteiger partial charge in [-0.25, -0.2) is 0 Å². The van der Waals surface area contributed by atoms with Gasteiger partial charge in [-0.2, -0.15) is 0 Å². The van der Waals surface area contributed by atoms with Crippen LogP contribution in [-0.2, 0) is 0 Å². The molecule has 2 aromatic rings. The average Bonchev–Trinajstić information content (AvgIpc) is 2.31. The second kappa shape index (κ2) is 2.61. The molecule has 0 bridgehead atoms. The molecule has 1 aromatic heterocycles. The predicted molar refractivity (Wildman–Crippen MR) is 54.3 cm³/mol. The maximum atomic E-state index is 3.52. The number of hydrogen-bond donors (Lipinski definition) is 0. The molecule has 0 atom stereocenters. The van der Waals surface area contributed by atoms with Crippen LogP contribution in [0.3, 0.4) is 0 Å². The SMILES string of the molecule is Cc1cc2cccc(Br)c2s1. The molecule has 0 saturated carbocycles. The van der Waals surface area contributed by atoms with E-state index in [9.17, 15) is 0 Å². The second-order valence-corrected chi connectivity index (χ2v) is 4.63. The summed E-state index contributed by atoms with van der Waals surface area (Å²) >= 11 is 5.35. The van der Waals surface area contributed by atoms with Crippen molar-refractivity contribution < 1.29 is 0 Å². The fourth-order valence-corrected chi connectivity index (χ4v) is 2.70. The monoisotopic (exact) mass is 226 g/mol. The van der Waals surface area contributed by atoms with Crippen LogP contribution in [0.25, 0.3) is 10.1 Å². The smallest absolute Gasteiger partial charge is 0.0487 e. The van der Waals surface area contributed by atoms with Gasteiger partial charge in [-0.05, 0) is 40.4 Å². The fraction of sp³-hybridized carbons (Fsp3) is 0.111. The van der Waals surface area contributed by atoms with E-state index in [1.165, 1.54) is 19.4 Å². The number of aryl methyl sites for hydroxylation is 1.